The van der Waals surface area contributed by atoms with Gasteiger partial charge in [0, 0.05) is 6.42 Å². The van der Waals surface area contributed by atoms with Crippen molar-refractivity contribution < 1.29 is 89.4 Å². The number of aliphatic hydroxyl groups is 11. The molecule has 0 aliphatic carbocycles. The minimum absolute atomic E-state index is 0.238. The molecule has 12 N–H and O–H groups in total. The lowest BCUT2D eigenvalue weighted by Crippen LogP contribution is -2.66. The number of unbranched alkanes of at least 4 members (excludes halogenated alkanes) is 48. The fraction of sp³-hybridized carbons (Fsp3) is 0.859. The van der Waals surface area contributed by atoms with Gasteiger partial charge in [-0.05, 0) is 70.6 Å². The molecule has 0 aromatic rings. The van der Waals surface area contributed by atoms with Crippen LogP contribution in [0, 0.1) is 0 Å². The molecule has 3 heterocycles. The number of ether oxygens (including phenoxy) is 6. The van der Waals surface area contributed by atoms with Crippen LogP contribution in [-0.4, -0.2) is 193 Å². The third-order valence-corrected chi connectivity index (χ3v) is 22.5. The molecule has 1 amide bonds. The van der Waals surface area contributed by atoms with Crippen molar-refractivity contribution in [1.29, 1.82) is 0 Å². The SMILES string of the molecule is CC/C=C\C/C=C\C/C=C\C/C=C\CCCCCCCCCCCCCCCCCCCCCCCCCCCCC(=O)NC(COC1OC(CO)C(OC2OC(CO)C(OC3OC(CO)C(O)C(O)C3O)C(O)C2O)C(O)C1O)C(O)/C=C/CC/C=C/CCCCCCCCCCCCCCCCCCCCCCC. The number of carbonyl (C=O) groups is 1. The zero-order valence-corrected chi connectivity index (χ0v) is 69.9. The molecule has 3 aliphatic heterocycles. The van der Waals surface area contributed by atoms with Gasteiger partial charge in [-0.3, -0.25) is 4.79 Å². The molecule has 17 atom stereocenters. The highest BCUT2D eigenvalue weighted by Crippen LogP contribution is 2.34. The van der Waals surface area contributed by atoms with Gasteiger partial charge < -0.3 is 89.9 Å². The van der Waals surface area contributed by atoms with Gasteiger partial charge in [0.2, 0.25) is 5.91 Å². The van der Waals surface area contributed by atoms with Crippen LogP contribution in [0.2, 0.25) is 0 Å². The van der Waals surface area contributed by atoms with Gasteiger partial charge in [-0.1, -0.05) is 369 Å². The van der Waals surface area contributed by atoms with E-state index in [9.17, 15) is 61.0 Å². The average Bonchev–Trinajstić information content (AvgIpc) is 0.780. The second-order valence-corrected chi connectivity index (χ2v) is 32.4. The molecule has 0 bridgehead atoms. The first-order chi connectivity index (χ1) is 54.3. The third-order valence-electron chi connectivity index (χ3n) is 22.5. The number of rotatable bonds is 74. The van der Waals surface area contributed by atoms with Crippen LogP contribution < -0.4 is 5.32 Å². The molecule has 0 aromatic heterocycles. The molecule has 3 fully saturated rings. The molecule has 648 valence electrons. The van der Waals surface area contributed by atoms with Crippen LogP contribution in [0.5, 0.6) is 0 Å². The minimum atomic E-state index is -1.98. The maximum atomic E-state index is 13.5. The van der Waals surface area contributed by atoms with Crippen LogP contribution in [0.3, 0.4) is 0 Å². The van der Waals surface area contributed by atoms with Gasteiger partial charge in [-0.2, -0.15) is 0 Å². The lowest BCUT2D eigenvalue weighted by molar-refractivity contribution is -0.379. The smallest absolute Gasteiger partial charge is 0.220 e. The Morgan fingerprint density at radius 3 is 1.01 bits per heavy atom. The molecular weight excluding hydrogens is 1410 g/mol. The van der Waals surface area contributed by atoms with Crippen LogP contribution >= 0.6 is 0 Å². The predicted octanol–water partition coefficient (Wildman–Crippen LogP) is 17.5. The zero-order valence-electron chi connectivity index (χ0n) is 69.9. The molecule has 19 nitrogen and oxygen atoms in total. The normalized spacial score (nSPS) is 25.4. The van der Waals surface area contributed by atoms with Crippen molar-refractivity contribution in [2.24, 2.45) is 0 Å². The van der Waals surface area contributed by atoms with Gasteiger partial charge in [-0.15, -0.1) is 0 Å². The van der Waals surface area contributed by atoms with Crippen LogP contribution in [0.1, 0.15) is 373 Å². The highest BCUT2D eigenvalue weighted by Gasteiger charge is 2.54. The van der Waals surface area contributed by atoms with Gasteiger partial charge in [0.1, 0.15) is 73.2 Å². The first kappa shape index (κ1) is 102. The van der Waals surface area contributed by atoms with E-state index in [2.05, 4.69) is 79.9 Å². The number of aliphatic hydroxyl groups excluding tert-OH is 11. The molecule has 3 saturated heterocycles. The van der Waals surface area contributed by atoms with Crippen molar-refractivity contribution in [3.8, 4) is 0 Å². The van der Waals surface area contributed by atoms with Crippen LogP contribution in [0.4, 0.5) is 0 Å². The second-order valence-electron chi connectivity index (χ2n) is 32.4. The fourth-order valence-electron chi connectivity index (χ4n) is 15.3. The zero-order chi connectivity index (χ0) is 80.3. The van der Waals surface area contributed by atoms with E-state index in [1.54, 1.807) is 6.08 Å². The van der Waals surface area contributed by atoms with Gasteiger partial charge in [0.15, 0.2) is 18.9 Å². The summed E-state index contributed by atoms with van der Waals surface area (Å²) in [6.45, 7) is 1.66. The number of hydrogen-bond donors (Lipinski definition) is 12. The van der Waals surface area contributed by atoms with Gasteiger partial charge in [0.05, 0.1) is 38.6 Å². The number of hydrogen-bond acceptors (Lipinski definition) is 18. The molecule has 0 radical (unpaired) electrons. The van der Waals surface area contributed by atoms with Crippen molar-refractivity contribution in [3.05, 3.63) is 72.9 Å². The Kier molecular flexibility index (Phi) is 65.8. The summed E-state index contributed by atoms with van der Waals surface area (Å²) in [6, 6.07) is -0.992. The molecule has 3 aliphatic rings. The van der Waals surface area contributed by atoms with Crippen molar-refractivity contribution in [2.45, 2.75) is 478 Å². The molecular formula is C92H167NO18. The van der Waals surface area contributed by atoms with Crippen LogP contribution in [0.25, 0.3) is 0 Å². The van der Waals surface area contributed by atoms with Gasteiger partial charge in [-0.25, -0.2) is 0 Å². The summed E-state index contributed by atoms with van der Waals surface area (Å²) in [5.74, 6) is -0.279. The lowest BCUT2D eigenvalue weighted by Gasteiger charge is -2.48. The first-order valence-corrected chi connectivity index (χ1v) is 45.7. The number of allylic oxidation sites excluding steroid dienone is 11. The molecule has 0 spiro atoms. The highest BCUT2D eigenvalue weighted by atomic mass is 16.8. The van der Waals surface area contributed by atoms with E-state index < -0.39 is 124 Å². The Bertz CT molecular complexity index is 2280. The van der Waals surface area contributed by atoms with E-state index in [-0.39, 0.29) is 18.9 Å². The molecule has 3 rings (SSSR count). The monoisotopic (exact) mass is 1570 g/mol. The quantitative estimate of drug-likeness (QED) is 0.0199. The Morgan fingerprint density at radius 1 is 0.333 bits per heavy atom. The summed E-state index contributed by atoms with van der Waals surface area (Å²) in [7, 11) is 0. The molecule has 0 saturated carbocycles. The van der Waals surface area contributed by atoms with E-state index in [1.165, 1.54) is 276 Å². The standard InChI is InChI=1S/C92H167NO18/c1-3-5-7-9-11-13-15-17-19-21-23-25-27-29-31-32-33-34-35-36-37-38-39-40-41-42-44-46-48-50-52-54-56-58-60-62-64-66-68-70-80(98)93-75(76(97)69-67-65-63-61-59-57-55-53-51-49-47-45-43-30-28-26-24-22-20-18-16-14-12-10-8-6-4-2)74-106-90-86(104)83(101)88(78(72-95)108-90)111-92-87(105)84(102)89(79(73-96)109-92)110-91-85(103)82(100)81(99)77(71-94)107-91/h5,7,11,13,17,19,23,25,59,61,67,69,75-79,81-92,94-97,99-105H,3-4,6,8-10,12,14-16,18,20-22,24,26-58,60,62-66,68,70-74H2,1-2H3,(H,93,98)/b7-5-,13-11-,19-17-,25-23-,61-59+,69-67+. The Hall–Kier alpha value is -2.77. The molecule has 19 heteroatoms. The summed E-state index contributed by atoms with van der Waals surface area (Å²) in [6.07, 6.45) is 69.3. The summed E-state index contributed by atoms with van der Waals surface area (Å²) < 4.78 is 34.5. The van der Waals surface area contributed by atoms with Crippen molar-refractivity contribution >= 4 is 5.91 Å². The fourth-order valence-corrected chi connectivity index (χ4v) is 15.3. The topological polar surface area (TPSA) is 307 Å². The highest BCUT2D eigenvalue weighted by molar-refractivity contribution is 5.76. The number of amides is 1. The van der Waals surface area contributed by atoms with Crippen molar-refractivity contribution in [2.75, 3.05) is 26.4 Å². The third kappa shape index (κ3) is 49.9. The van der Waals surface area contributed by atoms with Crippen LogP contribution in [0.15, 0.2) is 72.9 Å². The summed E-state index contributed by atoms with van der Waals surface area (Å²) in [4.78, 5) is 13.5. The summed E-state index contributed by atoms with van der Waals surface area (Å²) in [5.41, 5.74) is 0. The lowest BCUT2D eigenvalue weighted by atomic mass is 9.96. The van der Waals surface area contributed by atoms with E-state index in [1.807, 2.05) is 6.08 Å². The first-order valence-electron chi connectivity index (χ1n) is 45.7. The molecule has 111 heavy (non-hydrogen) atoms. The number of carbonyl (C=O) groups excluding carboxylic acids is 1. The van der Waals surface area contributed by atoms with Crippen molar-refractivity contribution in [3.63, 3.8) is 0 Å². The minimum Gasteiger partial charge on any atom is -0.394 e. The van der Waals surface area contributed by atoms with Crippen LogP contribution in [-0.2, 0) is 33.2 Å². The van der Waals surface area contributed by atoms with E-state index >= 15 is 0 Å². The van der Waals surface area contributed by atoms with Crippen molar-refractivity contribution in [1.82, 2.24) is 5.32 Å². The molecule has 0 aromatic carbocycles. The predicted molar refractivity (Wildman–Crippen MR) is 448 cm³/mol. The summed E-state index contributed by atoms with van der Waals surface area (Å²) in [5, 5.41) is 121. The largest absolute Gasteiger partial charge is 0.394 e. The molecule has 17 unspecified atom stereocenters. The van der Waals surface area contributed by atoms with E-state index in [4.69, 9.17) is 28.4 Å². The van der Waals surface area contributed by atoms with Gasteiger partial charge in [0.25, 0.3) is 0 Å². The Labute approximate surface area is 674 Å². The van der Waals surface area contributed by atoms with E-state index in [0.29, 0.717) is 12.8 Å². The summed E-state index contributed by atoms with van der Waals surface area (Å²) >= 11 is 0. The van der Waals surface area contributed by atoms with Gasteiger partial charge >= 0.3 is 0 Å². The maximum absolute atomic E-state index is 13.5. The maximum Gasteiger partial charge on any atom is 0.220 e. The second kappa shape index (κ2) is 71.3. The van der Waals surface area contributed by atoms with E-state index in [0.717, 1.165) is 64.2 Å². The Balaban J connectivity index is 1.31. The number of nitrogens with one attached hydrogen (secondary N) is 1. The average molecular weight is 1580 g/mol. The Morgan fingerprint density at radius 2 is 0.631 bits per heavy atom.